The van der Waals surface area contributed by atoms with Crippen LogP contribution in [-0.2, 0) is 4.79 Å². The molecule has 1 amide bonds. The predicted molar refractivity (Wildman–Crippen MR) is 108 cm³/mol. The average molecular weight is 468 g/mol. The van der Waals surface area contributed by atoms with Gasteiger partial charge in [-0.25, -0.2) is 5.43 Å². The highest BCUT2D eigenvalue weighted by molar-refractivity contribution is 14.1. The van der Waals surface area contributed by atoms with E-state index in [-0.39, 0.29) is 23.9 Å². The van der Waals surface area contributed by atoms with E-state index in [0.29, 0.717) is 11.3 Å². The predicted octanol–water partition coefficient (Wildman–Crippen LogP) is 3.16. The number of halogens is 1. The summed E-state index contributed by atoms with van der Waals surface area (Å²) in [4.78, 5) is 22.4. The third-order valence-corrected chi connectivity index (χ3v) is 4.16. The highest BCUT2D eigenvalue weighted by Crippen LogP contribution is 2.27. The fourth-order valence-corrected chi connectivity index (χ4v) is 2.42. The summed E-state index contributed by atoms with van der Waals surface area (Å²) in [6.45, 7) is 1.71. The van der Waals surface area contributed by atoms with Gasteiger partial charge in [0.25, 0.3) is 5.91 Å². The van der Waals surface area contributed by atoms with E-state index in [1.807, 2.05) is 24.3 Å². The zero-order chi connectivity index (χ0) is 19.1. The molecule has 2 aromatic carbocycles. The van der Waals surface area contributed by atoms with Crippen LogP contribution in [0.25, 0.3) is 0 Å². The highest BCUT2D eigenvalue weighted by atomic mass is 127. The maximum absolute atomic E-state index is 11.9. The van der Waals surface area contributed by atoms with E-state index in [0.717, 1.165) is 9.26 Å². The Kier molecular flexibility index (Phi) is 6.89. The molecule has 0 bridgehead atoms. The molecular weight excluding hydrogens is 451 g/mol. The Hall–Kier alpha value is -2.69. The maximum atomic E-state index is 11.9. The Labute approximate surface area is 163 Å². The van der Waals surface area contributed by atoms with Crippen molar-refractivity contribution in [3.63, 3.8) is 0 Å². The van der Waals surface area contributed by atoms with Gasteiger partial charge in [-0.1, -0.05) is 0 Å². The third-order valence-electron chi connectivity index (χ3n) is 3.44. The van der Waals surface area contributed by atoms with Crippen LogP contribution in [0.1, 0.15) is 12.5 Å². The lowest BCUT2D eigenvalue weighted by molar-refractivity contribution is -0.385. The van der Waals surface area contributed by atoms with Gasteiger partial charge >= 0.3 is 5.69 Å². The van der Waals surface area contributed by atoms with Gasteiger partial charge in [0.1, 0.15) is 0 Å². The number of ether oxygens (including phenoxy) is 1. The van der Waals surface area contributed by atoms with Gasteiger partial charge < -0.3 is 10.1 Å². The number of nitro benzene ring substituents is 1. The minimum Gasteiger partial charge on any atom is -0.490 e. The molecule has 0 radical (unpaired) electrons. The monoisotopic (exact) mass is 468 g/mol. The van der Waals surface area contributed by atoms with Gasteiger partial charge in [-0.05, 0) is 65.9 Å². The molecule has 0 aliphatic carbocycles. The summed E-state index contributed by atoms with van der Waals surface area (Å²) >= 11 is 2.20. The van der Waals surface area contributed by atoms with Gasteiger partial charge in [-0.3, -0.25) is 14.9 Å². The number of hydrogen-bond acceptors (Lipinski definition) is 6. The smallest absolute Gasteiger partial charge is 0.311 e. The molecule has 0 aliphatic rings. The second-order valence-corrected chi connectivity index (χ2v) is 6.48. The van der Waals surface area contributed by atoms with Gasteiger partial charge in [0.15, 0.2) is 5.75 Å². The number of hydrogen-bond donors (Lipinski definition) is 2. The second-order valence-electron chi connectivity index (χ2n) is 5.24. The Morgan fingerprint density at radius 1 is 1.27 bits per heavy atom. The van der Waals surface area contributed by atoms with E-state index >= 15 is 0 Å². The van der Waals surface area contributed by atoms with Gasteiger partial charge in [-0.2, -0.15) is 5.10 Å². The Bertz CT molecular complexity index is 837. The first-order valence-corrected chi connectivity index (χ1v) is 8.64. The number of carbonyl (C=O) groups is 1. The lowest BCUT2D eigenvalue weighted by Gasteiger charge is -2.07. The molecule has 2 N–H and O–H groups in total. The number of nitrogens with zero attached hydrogens (tertiary/aromatic N) is 2. The van der Waals surface area contributed by atoms with E-state index in [2.05, 4.69) is 38.4 Å². The van der Waals surface area contributed by atoms with Crippen LogP contribution in [0.5, 0.6) is 5.75 Å². The van der Waals surface area contributed by atoms with Crippen LogP contribution < -0.4 is 15.5 Å². The lowest BCUT2D eigenvalue weighted by atomic mass is 10.1. The zero-order valence-electron chi connectivity index (χ0n) is 14.2. The van der Waals surface area contributed by atoms with Crippen LogP contribution >= 0.6 is 22.6 Å². The summed E-state index contributed by atoms with van der Waals surface area (Å²) in [5.41, 5.74) is 4.05. The van der Waals surface area contributed by atoms with Crippen LogP contribution in [0.2, 0.25) is 0 Å². The molecule has 8 nitrogen and oxygen atoms in total. The lowest BCUT2D eigenvalue weighted by Crippen LogP contribution is -2.26. The summed E-state index contributed by atoms with van der Waals surface area (Å²) < 4.78 is 6.06. The fraction of sp³-hybridized carbons (Fsp3) is 0.176. The molecule has 9 heteroatoms. The van der Waals surface area contributed by atoms with E-state index in [1.54, 1.807) is 13.0 Å². The number of hydrazone groups is 1. The fourth-order valence-electron chi connectivity index (χ4n) is 2.06. The minimum absolute atomic E-state index is 0.0557. The number of nitrogens with one attached hydrogen (secondary N) is 2. The van der Waals surface area contributed by atoms with Gasteiger partial charge in [-0.15, -0.1) is 0 Å². The number of nitro groups is 1. The van der Waals surface area contributed by atoms with Crippen LogP contribution in [0.3, 0.4) is 0 Å². The Morgan fingerprint density at radius 3 is 2.58 bits per heavy atom. The maximum Gasteiger partial charge on any atom is 0.311 e. The molecule has 2 rings (SSSR count). The second kappa shape index (κ2) is 9.13. The number of rotatable bonds is 7. The largest absolute Gasteiger partial charge is 0.490 e. The number of anilines is 1. The van der Waals surface area contributed by atoms with E-state index in [4.69, 9.17) is 4.74 Å². The quantitative estimate of drug-likeness (QED) is 0.281. The normalized spacial score (nSPS) is 11.0. The molecule has 0 aromatic heterocycles. The highest BCUT2D eigenvalue weighted by Gasteiger charge is 2.16. The summed E-state index contributed by atoms with van der Waals surface area (Å²) in [6.07, 6.45) is 0. The Balaban J connectivity index is 1.98. The molecule has 0 atom stereocenters. The minimum atomic E-state index is -0.529. The van der Waals surface area contributed by atoms with Crippen molar-refractivity contribution in [3.8, 4) is 5.75 Å². The summed E-state index contributed by atoms with van der Waals surface area (Å²) in [6, 6.07) is 12.1. The van der Waals surface area contributed by atoms with Crippen molar-refractivity contribution < 1.29 is 14.5 Å². The summed E-state index contributed by atoms with van der Waals surface area (Å²) in [5, 5.41) is 18.0. The molecule has 26 heavy (non-hydrogen) atoms. The van der Waals surface area contributed by atoms with Gasteiger partial charge in [0.2, 0.25) is 0 Å². The number of carbonyl (C=O) groups excluding carboxylic acids is 1. The first-order valence-electron chi connectivity index (χ1n) is 7.56. The van der Waals surface area contributed by atoms with Crippen molar-refractivity contribution in [1.82, 2.24) is 5.43 Å². The molecular formula is C17H17IN4O4. The van der Waals surface area contributed by atoms with Crippen LogP contribution in [0.4, 0.5) is 11.4 Å². The topological polar surface area (TPSA) is 106 Å². The first-order chi connectivity index (χ1) is 12.4. The van der Waals surface area contributed by atoms with E-state index in [9.17, 15) is 14.9 Å². The van der Waals surface area contributed by atoms with Crippen LogP contribution in [0.15, 0.2) is 47.6 Å². The summed E-state index contributed by atoms with van der Waals surface area (Å²) in [5.74, 6) is -0.164. The number of methoxy groups -OCH3 is 1. The van der Waals surface area contributed by atoms with Crippen molar-refractivity contribution in [2.75, 3.05) is 19.0 Å². The number of amides is 1. The molecule has 2 aromatic rings. The van der Waals surface area contributed by atoms with E-state index < -0.39 is 4.92 Å². The molecule has 0 heterocycles. The van der Waals surface area contributed by atoms with Gasteiger partial charge in [0.05, 0.1) is 24.3 Å². The molecule has 0 unspecified atom stereocenters. The molecule has 0 spiro atoms. The molecule has 0 saturated heterocycles. The zero-order valence-corrected chi connectivity index (χ0v) is 16.3. The van der Waals surface area contributed by atoms with Crippen molar-refractivity contribution in [1.29, 1.82) is 0 Å². The number of benzene rings is 2. The molecule has 136 valence electrons. The molecule has 0 saturated carbocycles. The Morgan fingerprint density at radius 2 is 1.96 bits per heavy atom. The average Bonchev–Trinajstić information content (AvgIpc) is 2.65. The van der Waals surface area contributed by atoms with Gasteiger partial charge in [0, 0.05) is 20.9 Å². The standard InChI is InChI=1S/C17H17IN4O4/c1-11(12-3-8-16(26-2)15(9-12)22(24)25)20-21-17(23)10-19-14-6-4-13(18)5-7-14/h3-9,19H,10H2,1-2H3,(H,21,23)/b20-11-. The first kappa shape index (κ1) is 19.6. The summed E-state index contributed by atoms with van der Waals surface area (Å²) in [7, 11) is 1.36. The third kappa shape index (κ3) is 5.41. The van der Waals surface area contributed by atoms with Crippen LogP contribution in [0, 0.1) is 13.7 Å². The van der Waals surface area contributed by atoms with Crippen molar-refractivity contribution in [2.24, 2.45) is 5.10 Å². The van der Waals surface area contributed by atoms with Crippen LogP contribution in [-0.4, -0.2) is 30.2 Å². The van der Waals surface area contributed by atoms with Crippen molar-refractivity contribution >= 4 is 45.6 Å². The molecule has 0 fully saturated rings. The van der Waals surface area contributed by atoms with Crippen molar-refractivity contribution in [2.45, 2.75) is 6.92 Å². The van der Waals surface area contributed by atoms with Crippen molar-refractivity contribution in [3.05, 3.63) is 61.7 Å². The molecule has 0 aliphatic heterocycles. The van der Waals surface area contributed by atoms with E-state index in [1.165, 1.54) is 19.2 Å². The SMILES string of the molecule is COc1ccc(/C(C)=N\NC(=O)CNc2ccc(I)cc2)cc1[N+](=O)[O-].